The lowest BCUT2D eigenvalue weighted by molar-refractivity contribution is -0.139. The molecule has 2 atom stereocenters. The van der Waals surface area contributed by atoms with E-state index in [1.54, 1.807) is 0 Å². The van der Waals surface area contributed by atoms with Gasteiger partial charge in [0.05, 0.1) is 5.92 Å². The van der Waals surface area contributed by atoms with Crippen LogP contribution in [0, 0.1) is 17.8 Å². The summed E-state index contributed by atoms with van der Waals surface area (Å²) in [5.74, 6) is 2.00. The van der Waals surface area contributed by atoms with E-state index in [9.17, 15) is 4.79 Å². The van der Waals surface area contributed by atoms with Gasteiger partial charge in [-0.3, -0.25) is 4.79 Å². The summed E-state index contributed by atoms with van der Waals surface area (Å²) in [5.41, 5.74) is 0. The van der Waals surface area contributed by atoms with Crippen LogP contribution in [-0.2, 0) is 4.79 Å². The largest absolute Gasteiger partial charge is 0.342 e. The number of hydrogen-bond donors (Lipinski definition) is 1. The molecule has 0 aromatic heterocycles. The molecule has 3 heteroatoms. The molecule has 0 saturated carbocycles. The summed E-state index contributed by atoms with van der Waals surface area (Å²) in [5, 5.41) is 3.16. The lowest BCUT2D eigenvalue weighted by Crippen LogP contribution is -2.54. The van der Waals surface area contributed by atoms with Crippen LogP contribution < -0.4 is 5.32 Å². The van der Waals surface area contributed by atoms with Crippen LogP contribution in [0.3, 0.4) is 0 Å². The molecule has 2 rings (SSSR count). The smallest absolute Gasteiger partial charge is 0.228 e. The first kappa shape index (κ1) is 9.97. The third-order valence-corrected chi connectivity index (χ3v) is 3.31. The lowest BCUT2D eigenvalue weighted by Gasteiger charge is -2.39. The molecular weight excluding hydrogens is 176 g/mol. The van der Waals surface area contributed by atoms with Gasteiger partial charge in [0.15, 0.2) is 0 Å². The van der Waals surface area contributed by atoms with E-state index < -0.39 is 0 Å². The molecule has 3 nitrogen and oxygen atoms in total. The topological polar surface area (TPSA) is 32.3 Å². The molecule has 0 aliphatic carbocycles. The summed E-state index contributed by atoms with van der Waals surface area (Å²) >= 11 is 0. The monoisotopic (exact) mass is 196 g/mol. The second-order valence-electron chi connectivity index (χ2n) is 5.04. The molecule has 0 aromatic rings. The van der Waals surface area contributed by atoms with E-state index in [0.717, 1.165) is 26.2 Å². The number of carbonyl (C=O) groups is 1. The van der Waals surface area contributed by atoms with E-state index in [2.05, 4.69) is 24.1 Å². The SMILES string of the molecule is CC1CC(C)CN(C(=O)C2CNC2)C1. The van der Waals surface area contributed by atoms with Gasteiger partial charge in [-0.05, 0) is 18.3 Å². The van der Waals surface area contributed by atoms with Crippen molar-refractivity contribution in [3.63, 3.8) is 0 Å². The van der Waals surface area contributed by atoms with Gasteiger partial charge in [0.25, 0.3) is 0 Å². The first-order valence-electron chi connectivity index (χ1n) is 5.66. The Hall–Kier alpha value is -0.570. The second kappa shape index (κ2) is 3.89. The van der Waals surface area contributed by atoms with Gasteiger partial charge in [0.2, 0.25) is 5.91 Å². The summed E-state index contributed by atoms with van der Waals surface area (Å²) < 4.78 is 0. The molecule has 1 N–H and O–H groups in total. The Kier molecular flexibility index (Phi) is 2.77. The van der Waals surface area contributed by atoms with Crippen LogP contribution in [0.4, 0.5) is 0 Å². The normalized spacial score (nSPS) is 34.0. The van der Waals surface area contributed by atoms with Gasteiger partial charge in [-0.15, -0.1) is 0 Å². The lowest BCUT2D eigenvalue weighted by atomic mass is 9.90. The molecule has 0 radical (unpaired) electrons. The van der Waals surface area contributed by atoms with Gasteiger partial charge < -0.3 is 10.2 Å². The number of nitrogens with zero attached hydrogens (tertiary/aromatic N) is 1. The molecule has 0 aromatic carbocycles. The number of likely N-dealkylation sites (tertiary alicyclic amines) is 1. The van der Waals surface area contributed by atoms with Crippen LogP contribution in [0.5, 0.6) is 0 Å². The van der Waals surface area contributed by atoms with Gasteiger partial charge in [-0.1, -0.05) is 13.8 Å². The van der Waals surface area contributed by atoms with Gasteiger partial charge in [0.1, 0.15) is 0 Å². The van der Waals surface area contributed by atoms with Crippen molar-refractivity contribution in [2.75, 3.05) is 26.2 Å². The first-order chi connectivity index (χ1) is 6.66. The third kappa shape index (κ3) is 1.92. The van der Waals surface area contributed by atoms with E-state index in [1.807, 2.05) is 0 Å². The molecule has 1 amide bonds. The van der Waals surface area contributed by atoms with Crippen LogP contribution in [0.1, 0.15) is 20.3 Å². The number of nitrogens with one attached hydrogen (secondary N) is 1. The molecule has 2 fully saturated rings. The minimum Gasteiger partial charge on any atom is -0.342 e. The molecule has 0 bridgehead atoms. The molecule has 14 heavy (non-hydrogen) atoms. The van der Waals surface area contributed by atoms with Crippen LogP contribution >= 0.6 is 0 Å². The average Bonchev–Trinajstić information content (AvgIpc) is 1.98. The number of hydrogen-bond acceptors (Lipinski definition) is 2. The predicted molar refractivity (Wildman–Crippen MR) is 55.9 cm³/mol. The quantitative estimate of drug-likeness (QED) is 0.670. The maximum absolute atomic E-state index is 12.0. The molecule has 2 saturated heterocycles. The Morgan fingerprint density at radius 3 is 2.21 bits per heavy atom. The summed E-state index contributed by atoms with van der Waals surface area (Å²) in [7, 11) is 0. The molecule has 2 heterocycles. The zero-order valence-electron chi connectivity index (χ0n) is 9.12. The van der Waals surface area contributed by atoms with Crippen molar-refractivity contribution in [2.24, 2.45) is 17.8 Å². The van der Waals surface area contributed by atoms with Gasteiger partial charge >= 0.3 is 0 Å². The van der Waals surface area contributed by atoms with Crippen molar-refractivity contribution in [1.82, 2.24) is 10.2 Å². The van der Waals surface area contributed by atoms with Crippen molar-refractivity contribution < 1.29 is 4.79 Å². The summed E-state index contributed by atoms with van der Waals surface area (Å²) in [6, 6.07) is 0. The molecule has 0 spiro atoms. The number of amides is 1. The van der Waals surface area contributed by atoms with Crippen LogP contribution in [-0.4, -0.2) is 37.0 Å². The first-order valence-corrected chi connectivity index (χ1v) is 5.66. The Morgan fingerprint density at radius 1 is 1.21 bits per heavy atom. The predicted octanol–water partition coefficient (Wildman–Crippen LogP) is 0.710. The van der Waals surface area contributed by atoms with Crippen molar-refractivity contribution >= 4 is 5.91 Å². The van der Waals surface area contributed by atoms with Gasteiger partial charge in [-0.25, -0.2) is 0 Å². The number of carbonyl (C=O) groups excluding carboxylic acids is 1. The molecular formula is C11H20N2O. The second-order valence-corrected chi connectivity index (χ2v) is 5.04. The standard InChI is InChI=1S/C11H20N2O/c1-8-3-9(2)7-13(6-8)11(14)10-4-12-5-10/h8-10,12H,3-7H2,1-2H3. The maximum Gasteiger partial charge on any atom is 0.228 e. The fourth-order valence-corrected chi connectivity index (χ4v) is 2.56. The highest BCUT2D eigenvalue weighted by atomic mass is 16.2. The summed E-state index contributed by atoms with van der Waals surface area (Å²) in [4.78, 5) is 14.0. The Morgan fingerprint density at radius 2 is 1.79 bits per heavy atom. The van der Waals surface area contributed by atoms with Crippen molar-refractivity contribution in [1.29, 1.82) is 0 Å². The van der Waals surface area contributed by atoms with Crippen molar-refractivity contribution in [3.05, 3.63) is 0 Å². The van der Waals surface area contributed by atoms with Crippen molar-refractivity contribution in [3.8, 4) is 0 Å². The fourth-order valence-electron chi connectivity index (χ4n) is 2.56. The van der Waals surface area contributed by atoms with E-state index in [4.69, 9.17) is 0 Å². The van der Waals surface area contributed by atoms with Gasteiger partial charge in [-0.2, -0.15) is 0 Å². The third-order valence-electron chi connectivity index (χ3n) is 3.31. The maximum atomic E-state index is 12.0. The van der Waals surface area contributed by atoms with E-state index >= 15 is 0 Å². The summed E-state index contributed by atoms with van der Waals surface area (Å²) in [6.07, 6.45) is 1.27. The van der Waals surface area contributed by atoms with E-state index in [0.29, 0.717) is 17.7 Å². The minimum atomic E-state index is 0.271. The average molecular weight is 196 g/mol. The molecule has 2 aliphatic heterocycles. The Labute approximate surface area is 85.8 Å². The minimum absolute atomic E-state index is 0.271. The molecule has 2 unspecified atom stereocenters. The van der Waals surface area contributed by atoms with E-state index in [-0.39, 0.29) is 5.92 Å². The highest BCUT2D eigenvalue weighted by molar-refractivity contribution is 5.80. The molecule has 80 valence electrons. The van der Waals surface area contributed by atoms with Crippen LogP contribution in [0.25, 0.3) is 0 Å². The Bertz CT molecular complexity index is 215. The highest BCUT2D eigenvalue weighted by Crippen LogP contribution is 2.22. The molecule has 2 aliphatic rings. The van der Waals surface area contributed by atoms with Gasteiger partial charge in [0, 0.05) is 26.2 Å². The number of rotatable bonds is 1. The fraction of sp³-hybridized carbons (Fsp3) is 0.909. The van der Waals surface area contributed by atoms with E-state index in [1.165, 1.54) is 6.42 Å². The van der Waals surface area contributed by atoms with Crippen LogP contribution in [0.15, 0.2) is 0 Å². The zero-order chi connectivity index (χ0) is 10.1. The van der Waals surface area contributed by atoms with Crippen molar-refractivity contribution in [2.45, 2.75) is 20.3 Å². The highest BCUT2D eigenvalue weighted by Gasteiger charge is 2.32. The summed E-state index contributed by atoms with van der Waals surface area (Å²) in [6.45, 7) is 8.21. The number of piperidine rings is 1. The zero-order valence-corrected chi connectivity index (χ0v) is 9.12. The van der Waals surface area contributed by atoms with Crippen LogP contribution in [0.2, 0.25) is 0 Å². The Balaban J connectivity index is 1.92.